The van der Waals surface area contributed by atoms with Crippen LogP contribution < -0.4 is 10.0 Å². The van der Waals surface area contributed by atoms with E-state index in [2.05, 4.69) is 26.0 Å². The van der Waals surface area contributed by atoms with Gasteiger partial charge in [-0.3, -0.25) is 4.79 Å². The molecule has 0 saturated carbocycles. The molecule has 1 rings (SSSR count). The zero-order valence-corrected chi connectivity index (χ0v) is 14.2. The third kappa shape index (κ3) is 5.21. The number of nitrogens with one attached hydrogen (secondary N) is 2. The van der Waals surface area contributed by atoms with Crippen molar-refractivity contribution in [2.24, 2.45) is 0 Å². The molecule has 1 amide bonds. The highest BCUT2D eigenvalue weighted by Crippen LogP contribution is 2.29. The predicted molar refractivity (Wildman–Crippen MR) is 79.8 cm³/mol. The molecule has 0 aliphatic carbocycles. The molecular weight excluding hydrogens is 352 g/mol. The minimum Gasteiger partial charge on any atom is -0.354 e. The van der Waals surface area contributed by atoms with Gasteiger partial charge in [0.05, 0.1) is 8.68 Å². The Balaban J connectivity index is 2.57. The fraction of sp³-hybridized carbons (Fsp3) is 0.545. The van der Waals surface area contributed by atoms with Crippen LogP contribution in [0.2, 0.25) is 0 Å². The molecule has 5 nitrogen and oxygen atoms in total. The standard InChI is InChI=1S/C11H17BrN2O3S2/c1-7(2)14-11(15)4-5-13-19(16,17)9-6-10(12)18-8(9)3/h6-7,13H,4-5H2,1-3H3,(H,14,15). The molecule has 19 heavy (non-hydrogen) atoms. The smallest absolute Gasteiger partial charge is 0.241 e. The lowest BCUT2D eigenvalue weighted by Gasteiger charge is -2.09. The summed E-state index contributed by atoms with van der Waals surface area (Å²) in [7, 11) is -3.54. The summed E-state index contributed by atoms with van der Waals surface area (Å²) in [6, 6.07) is 1.62. The summed E-state index contributed by atoms with van der Waals surface area (Å²) in [5.74, 6) is -0.166. The van der Waals surface area contributed by atoms with Crippen LogP contribution in [0.3, 0.4) is 0 Å². The lowest BCUT2D eigenvalue weighted by atomic mass is 10.3. The SMILES string of the molecule is Cc1sc(Br)cc1S(=O)(=O)NCCC(=O)NC(C)C. The van der Waals surface area contributed by atoms with Gasteiger partial charge in [0.15, 0.2) is 0 Å². The summed E-state index contributed by atoms with van der Waals surface area (Å²) in [4.78, 5) is 12.4. The Labute approximate surface area is 126 Å². The van der Waals surface area contributed by atoms with Crippen LogP contribution in [0.5, 0.6) is 0 Å². The van der Waals surface area contributed by atoms with Crippen molar-refractivity contribution in [3.8, 4) is 0 Å². The first-order chi connectivity index (χ1) is 8.72. The van der Waals surface area contributed by atoms with E-state index in [0.717, 1.165) is 3.79 Å². The molecule has 1 heterocycles. The van der Waals surface area contributed by atoms with E-state index in [4.69, 9.17) is 0 Å². The molecule has 1 aromatic rings. The minimum absolute atomic E-state index is 0.0548. The molecule has 0 radical (unpaired) electrons. The zero-order valence-electron chi connectivity index (χ0n) is 11.0. The summed E-state index contributed by atoms with van der Waals surface area (Å²) >= 11 is 4.62. The first-order valence-electron chi connectivity index (χ1n) is 5.77. The van der Waals surface area contributed by atoms with E-state index < -0.39 is 10.0 Å². The van der Waals surface area contributed by atoms with Crippen molar-refractivity contribution in [2.75, 3.05) is 6.54 Å². The Morgan fingerprint density at radius 1 is 1.47 bits per heavy atom. The Hall–Kier alpha value is -0.440. The molecule has 0 aromatic carbocycles. The summed E-state index contributed by atoms with van der Waals surface area (Å²) in [5, 5.41) is 2.71. The number of sulfonamides is 1. The lowest BCUT2D eigenvalue weighted by Crippen LogP contribution is -2.34. The maximum absolute atomic E-state index is 12.0. The van der Waals surface area contributed by atoms with E-state index in [-0.39, 0.29) is 29.8 Å². The van der Waals surface area contributed by atoms with Gasteiger partial charge in [0.2, 0.25) is 15.9 Å². The van der Waals surface area contributed by atoms with Crippen LogP contribution in [-0.2, 0) is 14.8 Å². The number of carbonyl (C=O) groups is 1. The van der Waals surface area contributed by atoms with Gasteiger partial charge in [-0.15, -0.1) is 11.3 Å². The van der Waals surface area contributed by atoms with Gasteiger partial charge in [-0.2, -0.15) is 0 Å². The lowest BCUT2D eigenvalue weighted by molar-refractivity contribution is -0.121. The minimum atomic E-state index is -3.54. The van der Waals surface area contributed by atoms with Gasteiger partial charge in [-0.05, 0) is 42.8 Å². The number of amides is 1. The van der Waals surface area contributed by atoms with Gasteiger partial charge >= 0.3 is 0 Å². The number of halogens is 1. The molecule has 0 aliphatic heterocycles. The first kappa shape index (κ1) is 16.6. The second kappa shape index (κ2) is 6.83. The first-order valence-corrected chi connectivity index (χ1v) is 8.86. The molecule has 8 heteroatoms. The van der Waals surface area contributed by atoms with Crippen molar-refractivity contribution in [3.05, 3.63) is 14.7 Å². The van der Waals surface area contributed by atoms with Crippen LogP contribution in [0.1, 0.15) is 25.1 Å². The Kier molecular flexibility index (Phi) is 5.97. The quantitative estimate of drug-likeness (QED) is 0.806. The van der Waals surface area contributed by atoms with Crippen molar-refractivity contribution < 1.29 is 13.2 Å². The van der Waals surface area contributed by atoms with E-state index in [0.29, 0.717) is 4.88 Å². The second-order valence-corrected chi connectivity index (χ2v) is 8.71. The summed E-state index contributed by atoms with van der Waals surface area (Å²) in [6.07, 6.45) is 0.127. The molecular formula is C11H17BrN2O3S2. The van der Waals surface area contributed by atoms with Crippen molar-refractivity contribution in [1.82, 2.24) is 10.0 Å². The van der Waals surface area contributed by atoms with Gasteiger partial charge in [-0.25, -0.2) is 13.1 Å². The van der Waals surface area contributed by atoms with Crippen LogP contribution in [-0.4, -0.2) is 26.9 Å². The molecule has 0 spiro atoms. The van der Waals surface area contributed by atoms with Crippen LogP contribution >= 0.6 is 27.3 Å². The summed E-state index contributed by atoms with van der Waals surface area (Å²) in [5.41, 5.74) is 0. The Morgan fingerprint density at radius 3 is 2.58 bits per heavy atom. The average molecular weight is 369 g/mol. The van der Waals surface area contributed by atoms with E-state index in [9.17, 15) is 13.2 Å². The van der Waals surface area contributed by atoms with Crippen molar-refractivity contribution >= 4 is 43.2 Å². The van der Waals surface area contributed by atoms with Gasteiger partial charge in [0, 0.05) is 23.9 Å². The van der Waals surface area contributed by atoms with E-state index >= 15 is 0 Å². The second-order valence-electron chi connectivity index (χ2n) is 4.34. The average Bonchev–Trinajstić information content (AvgIpc) is 2.57. The van der Waals surface area contributed by atoms with Crippen molar-refractivity contribution in [3.63, 3.8) is 0 Å². The van der Waals surface area contributed by atoms with E-state index in [1.54, 1.807) is 13.0 Å². The van der Waals surface area contributed by atoms with Gasteiger partial charge in [-0.1, -0.05) is 0 Å². The summed E-state index contributed by atoms with van der Waals surface area (Å²) < 4.78 is 27.2. The third-order valence-corrected chi connectivity index (χ3v) is 5.50. The number of carbonyl (C=O) groups excluding carboxylic acids is 1. The molecule has 0 fully saturated rings. The number of aryl methyl sites for hydroxylation is 1. The number of rotatable bonds is 6. The van der Waals surface area contributed by atoms with Crippen molar-refractivity contribution in [2.45, 2.75) is 38.1 Å². The Morgan fingerprint density at radius 2 is 2.11 bits per heavy atom. The molecule has 0 saturated heterocycles. The maximum atomic E-state index is 12.0. The van der Waals surface area contributed by atoms with Gasteiger partial charge in [0.1, 0.15) is 0 Å². The highest BCUT2D eigenvalue weighted by Gasteiger charge is 2.19. The monoisotopic (exact) mass is 368 g/mol. The third-order valence-electron chi connectivity index (χ3n) is 2.23. The molecule has 1 aromatic heterocycles. The van der Waals surface area contributed by atoms with E-state index in [1.165, 1.54) is 11.3 Å². The Bertz CT molecular complexity index is 552. The molecule has 2 N–H and O–H groups in total. The topological polar surface area (TPSA) is 75.3 Å². The fourth-order valence-electron chi connectivity index (χ4n) is 1.47. The highest BCUT2D eigenvalue weighted by atomic mass is 79.9. The number of hydrogen-bond acceptors (Lipinski definition) is 4. The number of hydrogen-bond donors (Lipinski definition) is 2. The molecule has 0 atom stereocenters. The zero-order chi connectivity index (χ0) is 14.6. The molecule has 0 unspecified atom stereocenters. The van der Waals surface area contributed by atoms with Crippen LogP contribution in [0.25, 0.3) is 0 Å². The van der Waals surface area contributed by atoms with Crippen LogP contribution in [0.15, 0.2) is 14.7 Å². The normalized spacial score (nSPS) is 11.8. The highest BCUT2D eigenvalue weighted by molar-refractivity contribution is 9.11. The largest absolute Gasteiger partial charge is 0.354 e. The number of thiophene rings is 1. The van der Waals surface area contributed by atoms with Crippen LogP contribution in [0.4, 0.5) is 0 Å². The van der Waals surface area contributed by atoms with Gasteiger partial charge < -0.3 is 5.32 Å². The maximum Gasteiger partial charge on any atom is 0.241 e. The fourth-order valence-corrected chi connectivity index (χ4v) is 4.91. The molecule has 0 aliphatic rings. The van der Waals surface area contributed by atoms with Gasteiger partial charge in [0.25, 0.3) is 0 Å². The predicted octanol–water partition coefficient (Wildman–Crippen LogP) is 2.01. The summed E-state index contributed by atoms with van der Waals surface area (Å²) in [6.45, 7) is 5.55. The molecule has 108 valence electrons. The van der Waals surface area contributed by atoms with Crippen LogP contribution in [0, 0.1) is 6.92 Å². The van der Waals surface area contributed by atoms with Crippen molar-refractivity contribution in [1.29, 1.82) is 0 Å². The molecule has 0 bridgehead atoms. The van der Waals surface area contributed by atoms with E-state index in [1.807, 2.05) is 13.8 Å².